The zero-order valence-corrected chi connectivity index (χ0v) is 7.16. The number of nitrogens with zero attached hydrogens (tertiary/aromatic N) is 1. The largest absolute Gasteiger partial charge is 0.465 e. The highest BCUT2D eigenvalue weighted by Crippen LogP contribution is 2.05. The van der Waals surface area contributed by atoms with Crippen LogP contribution in [0.25, 0.3) is 0 Å². The molecule has 0 spiro atoms. The molecule has 0 saturated carbocycles. The molecule has 9 heteroatoms. The van der Waals surface area contributed by atoms with E-state index in [1.807, 2.05) is 0 Å². The predicted molar refractivity (Wildman–Crippen MR) is 43.2 cm³/mol. The molecule has 0 radical (unpaired) electrons. The van der Waals surface area contributed by atoms with Gasteiger partial charge in [0.05, 0.1) is 0 Å². The molecule has 0 aliphatic heterocycles. The first kappa shape index (κ1) is 15.0. The van der Waals surface area contributed by atoms with E-state index in [1.165, 1.54) is 0 Å². The number of carboxylic acid groups (broad SMARTS) is 1. The van der Waals surface area contributed by atoms with Gasteiger partial charge in [-0.1, -0.05) is 0 Å². The van der Waals surface area contributed by atoms with Crippen LogP contribution in [0.2, 0.25) is 0 Å². The molecule has 0 aliphatic rings. The van der Waals surface area contributed by atoms with Crippen molar-refractivity contribution in [1.82, 2.24) is 0 Å². The monoisotopic (exact) mass is 212 g/mol. The lowest BCUT2D eigenvalue weighted by Crippen LogP contribution is -2.49. The summed E-state index contributed by atoms with van der Waals surface area (Å²) in [6.07, 6.45) is -1.33. The van der Waals surface area contributed by atoms with Crippen molar-refractivity contribution >= 4 is 6.09 Å². The highest BCUT2D eigenvalue weighted by Gasteiger charge is 2.41. The van der Waals surface area contributed by atoms with Crippen molar-refractivity contribution in [2.24, 2.45) is 5.73 Å². The first-order valence-corrected chi connectivity index (χ1v) is 3.31. The Kier molecular flexibility index (Phi) is 7.52. The van der Waals surface area contributed by atoms with Gasteiger partial charge in [-0.3, -0.25) is 10.1 Å². The Hall–Kier alpha value is -1.45. The van der Waals surface area contributed by atoms with Crippen LogP contribution in [0.3, 0.4) is 0 Å². The fourth-order valence-corrected chi connectivity index (χ4v) is 0.323. The minimum Gasteiger partial charge on any atom is -0.465 e. The highest BCUT2D eigenvalue weighted by molar-refractivity contribution is 5.61. The summed E-state index contributed by atoms with van der Waals surface area (Å²) >= 11 is 0. The molecule has 0 aromatic heterocycles. The first-order valence-electron chi connectivity index (χ1n) is 3.31. The number of amides is 1. The molecule has 0 saturated heterocycles. The van der Waals surface area contributed by atoms with Gasteiger partial charge >= 0.3 is 6.09 Å². The van der Waals surface area contributed by atoms with Crippen LogP contribution < -0.4 is 5.73 Å². The fraction of sp³-hybridized carbons (Fsp3) is 0.800. The van der Waals surface area contributed by atoms with Gasteiger partial charge in [0.1, 0.15) is 19.8 Å². The molecular weight excluding hydrogens is 200 g/mol. The molecule has 6 N–H and O–H groups in total. The number of hydrogen-bond donors (Lipinski definition) is 5. The van der Waals surface area contributed by atoms with Gasteiger partial charge in [0.25, 0.3) is 5.54 Å². The standard InChI is InChI=1S/C4H9NO5.CH3NO2/c6-1-4(2-7,3-8)5(9)10;2-1(3)4/h6-8H,1-3H2;2H2,(H,3,4). The Balaban J connectivity index is 0. The van der Waals surface area contributed by atoms with E-state index in [0.29, 0.717) is 0 Å². The molecule has 0 aromatic rings. The number of nitro groups is 1. The number of aliphatic hydroxyl groups excluding tert-OH is 3. The van der Waals surface area contributed by atoms with E-state index in [1.54, 1.807) is 0 Å². The summed E-state index contributed by atoms with van der Waals surface area (Å²) in [5, 5.41) is 42.4. The molecule has 0 atom stereocenters. The second-order valence-corrected chi connectivity index (χ2v) is 2.29. The van der Waals surface area contributed by atoms with Gasteiger partial charge in [-0.2, -0.15) is 0 Å². The van der Waals surface area contributed by atoms with E-state index < -0.39 is 36.4 Å². The zero-order valence-electron chi connectivity index (χ0n) is 7.16. The van der Waals surface area contributed by atoms with E-state index >= 15 is 0 Å². The van der Waals surface area contributed by atoms with Crippen molar-refractivity contribution in [3.05, 3.63) is 10.1 Å². The molecule has 0 unspecified atom stereocenters. The number of hydrogen-bond acceptors (Lipinski definition) is 6. The third-order valence-electron chi connectivity index (χ3n) is 1.27. The van der Waals surface area contributed by atoms with Crippen LogP contribution in [-0.4, -0.2) is 56.8 Å². The summed E-state index contributed by atoms with van der Waals surface area (Å²) in [5.41, 5.74) is 2.04. The van der Waals surface area contributed by atoms with Crippen molar-refractivity contribution in [3.8, 4) is 0 Å². The molecular formula is C5H12N2O7. The smallest absolute Gasteiger partial charge is 0.402 e. The Morgan fingerprint density at radius 1 is 1.29 bits per heavy atom. The summed E-state index contributed by atoms with van der Waals surface area (Å²) in [6.45, 7) is -2.60. The van der Waals surface area contributed by atoms with Gasteiger partial charge in [0.2, 0.25) is 0 Å². The van der Waals surface area contributed by atoms with Crippen molar-refractivity contribution in [3.63, 3.8) is 0 Å². The molecule has 9 nitrogen and oxygen atoms in total. The summed E-state index contributed by atoms with van der Waals surface area (Å²) in [6, 6.07) is 0. The normalized spacial score (nSPS) is 9.93. The quantitative estimate of drug-likeness (QED) is 0.255. The predicted octanol–water partition coefficient (Wildman–Crippen LogP) is -2.40. The number of rotatable bonds is 4. The van der Waals surface area contributed by atoms with Crippen molar-refractivity contribution in [1.29, 1.82) is 0 Å². The van der Waals surface area contributed by atoms with Gasteiger partial charge in [0.15, 0.2) is 0 Å². The van der Waals surface area contributed by atoms with E-state index in [2.05, 4.69) is 5.73 Å². The van der Waals surface area contributed by atoms with E-state index in [0.717, 1.165) is 0 Å². The molecule has 0 bridgehead atoms. The molecule has 84 valence electrons. The van der Waals surface area contributed by atoms with Gasteiger partial charge in [-0.05, 0) is 0 Å². The van der Waals surface area contributed by atoms with Gasteiger partial charge in [-0.15, -0.1) is 0 Å². The lowest BCUT2D eigenvalue weighted by molar-refractivity contribution is -0.580. The SMILES string of the molecule is NC(=O)O.O=[N+]([O-])C(CO)(CO)CO. The van der Waals surface area contributed by atoms with Crippen LogP contribution in [0, 0.1) is 10.1 Å². The molecule has 0 rings (SSSR count). The molecule has 0 aromatic carbocycles. The maximum atomic E-state index is 10.0. The van der Waals surface area contributed by atoms with Crippen LogP contribution in [-0.2, 0) is 0 Å². The Morgan fingerprint density at radius 2 is 1.50 bits per heavy atom. The van der Waals surface area contributed by atoms with Crippen molar-refractivity contribution in [2.45, 2.75) is 5.54 Å². The minimum absolute atomic E-state index is 0.868. The Labute approximate surface area is 78.5 Å². The van der Waals surface area contributed by atoms with Gasteiger partial charge in [-0.25, -0.2) is 4.79 Å². The number of carbonyl (C=O) groups is 1. The molecule has 1 amide bonds. The lowest BCUT2D eigenvalue weighted by atomic mass is 10.1. The van der Waals surface area contributed by atoms with E-state index in [9.17, 15) is 10.1 Å². The number of nitrogens with two attached hydrogens (primary N) is 1. The second-order valence-electron chi connectivity index (χ2n) is 2.29. The van der Waals surface area contributed by atoms with Crippen LogP contribution in [0.15, 0.2) is 0 Å². The summed E-state index contributed by atoms with van der Waals surface area (Å²) in [5.74, 6) is 0. The molecule has 14 heavy (non-hydrogen) atoms. The average molecular weight is 212 g/mol. The van der Waals surface area contributed by atoms with E-state index in [4.69, 9.17) is 25.2 Å². The molecule has 0 fully saturated rings. The maximum absolute atomic E-state index is 10.0. The van der Waals surface area contributed by atoms with Crippen LogP contribution in [0.1, 0.15) is 0 Å². The Bertz CT molecular complexity index is 178. The average Bonchev–Trinajstić information content (AvgIpc) is 2.07. The highest BCUT2D eigenvalue weighted by atomic mass is 16.6. The summed E-state index contributed by atoms with van der Waals surface area (Å²) in [4.78, 5) is 17.9. The molecule has 0 heterocycles. The topological polar surface area (TPSA) is 167 Å². The third-order valence-corrected chi connectivity index (χ3v) is 1.27. The van der Waals surface area contributed by atoms with Crippen molar-refractivity contribution < 1.29 is 30.1 Å². The summed E-state index contributed by atoms with van der Waals surface area (Å²) < 4.78 is 0. The van der Waals surface area contributed by atoms with Crippen LogP contribution >= 0.6 is 0 Å². The lowest BCUT2D eigenvalue weighted by Gasteiger charge is -2.16. The zero-order chi connectivity index (χ0) is 11.8. The number of aliphatic hydroxyl groups is 3. The fourth-order valence-electron chi connectivity index (χ4n) is 0.323. The number of primary amides is 1. The third kappa shape index (κ3) is 5.24. The second kappa shape index (κ2) is 7.00. The minimum atomic E-state index is -1.99. The van der Waals surface area contributed by atoms with Crippen LogP contribution in [0.5, 0.6) is 0 Å². The van der Waals surface area contributed by atoms with Crippen LogP contribution in [0.4, 0.5) is 4.79 Å². The van der Waals surface area contributed by atoms with Gasteiger partial charge < -0.3 is 26.2 Å². The maximum Gasteiger partial charge on any atom is 0.402 e. The Morgan fingerprint density at radius 3 is 1.50 bits per heavy atom. The first-order chi connectivity index (χ1) is 6.36. The van der Waals surface area contributed by atoms with Gasteiger partial charge in [0, 0.05) is 4.92 Å². The molecule has 0 aliphatic carbocycles. The van der Waals surface area contributed by atoms with Crippen molar-refractivity contribution in [2.75, 3.05) is 19.8 Å². The summed E-state index contributed by atoms with van der Waals surface area (Å²) in [7, 11) is 0. The van der Waals surface area contributed by atoms with E-state index in [-0.39, 0.29) is 0 Å².